The summed E-state index contributed by atoms with van der Waals surface area (Å²) in [5.74, 6) is -5.15. The summed E-state index contributed by atoms with van der Waals surface area (Å²) in [6.07, 6.45) is -4.70. The number of benzene rings is 1. The van der Waals surface area contributed by atoms with Crippen molar-refractivity contribution >= 4 is 34.4 Å². The Morgan fingerprint density at radius 1 is 0.975 bits per heavy atom. The number of halogens is 6. The van der Waals surface area contributed by atoms with Gasteiger partial charge in [-0.15, -0.1) is 0 Å². The van der Waals surface area contributed by atoms with Crippen LogP contribution in [0, 0.1) is 0 Å². The van der Waals surface area contributed by atoms with Crippen LogP contribution in [0.4, 0.5) is 32.0 Å². The number of aliphatic carboxylic acids is 2. The number of aromatic nitrogens is 3. The van der Waals surface area contributed by atoms with Crippen LogP contribution >= 0.6 is 0 Å². The lowest BCUT2D eigenvalue weighted by molar-refractivity contribution is -0.193. The first-order valence-electron chi connectivity index (χ1n) is 11.2. The molecule has 17 heteroatoms. The molecule has 4 N–H and O–H groups in total. The minimum Gasteiger partial charge on any atom is -0.475 e. The van der Waals surface area contributed by atoms with Crippen molar-refractivity contribution in [3.63, 3.8) is 0 Å². The Labute approximate surface area is 221 Å². The summed E-state index contributed by atoms with van der Waals surface area (Å²) in [5.41, 5.74) is 2.14. The van der Waals surface area contributed by atoms with Crippen molar-refractivity contribution < 1.29 is 55.7 Å². The van der Waals surface area contributed by atoms with Gasteiger partial charge in [-0.3, -0.25) is 9.89 Å². The van der Waals surface area contributed by atoms with Crippen molar-refractivity contribution in [2.75, 3.05) is 25.5 Å². The van der Waals surface area contributed by atoms with Crippen molar-refractivity contribution in [2.24, 2.45) is 0 Å². The molecular formula is C23H23F6N5O6. The molecule has 1 saturated heterocycles. The van der Waals surface area contributed by atoms with Crippen LogP contribution < -0.4 is 10.1 Å². The first-order chi connectivity index (χ1) is 18.6. The molecule has 0 aliphatic carbocycles. The van der Waals surface area contributed by atoms with E-state index in [4.69, 9.17) is 24.5 Å². The molecule has 0 saturated carbocycles. The van der Waals surface area contributed by atoms with Crippen LogP contribution in [-0.2, 0) is 9.59 Å². The quantitative estimate of drug-likeness (QED) is 0.336. The standard InChI is InChI=1S/C19H21N5O2.2C2HF3O2/c1-24-8-6-16(7-9-24)26-18-5-2-13(11-20-18)19(25)22-15-3-4-17-14(10-15)12-21-23-17;2*3-2(4,5)1(6)7/h2-5,10-12,16H,6-9H2,1H3,(H,21,23)(H,22,25);2*(H,6,7). The molecule has 40 heavy (non-hydrogen) atoms. The highest BCUT2D eigenvalue weighted by Crippen LogP contribution is 2.19. The van der Waals surface area contributed by atoms with E-state index < -0.39 is 24.3 Å². The number of carboxylic acids is 2. The normalized spacial score (nSPS) is 14.3. The van der Waals surface area contributed by atoms with Crippen LogP contribution in [0.1, 0.15) is 23.2 Å². The number of hydrogen-bond acceptors (Lipinski definition) is 7. The predicted molar refractivity (Wildman–Crippen MR) is 127 cm³/mol. The molecule has 218 valence electrons. The van der Waals surface area contributed by atoms with Crippen molar-refractivity contribution in [1.82, 2.24) is 20.1 Å². The molecule has 1 aromatic carbocycles. The number of hydrogen-bond donors (Lipinski definition) is 4. The van der Waals surface area contributed by atoms with Crippen molar-refractivity contribution in [3.05, 3.63) is 48.3 Å². The van der Waals surface area contributed by atoms with Crippen LogP contribution in [0.5, 0.6) is 5.88 Å². The third-order valence-electron chi connectivity index (χ3n) is 5.13. The number of fused-ring (bicyclic) bond motifs is 1. The number of rotatable bonds is 4. The fourth-order valence-electron chi connectivity index (χ4n) is 3.08. The number of pyridine rings is 1. The number of nitrogens with zero attached hydrogens (tertiary/aromatic N) is 3. The largest absolute Gasteiger partial charge is 0.490 e. The number of amides is 1. The zero-order valence-corrected chi connectivity index (χ0v) is 20.6. The van der Waals surface area contributed by atoms with Gasteiger partial charge in [0.25, 0.3) is 5.91 Å². The van der Waals surface area contributed by atoms with E-state index in [0.29, 0.717) is 11.4 Å². The van der Waals surface area contributed by atoms with E-state index in [1.54, 1.807) is 24.5 Å². The van der Waals surface area contributed by atoms with Crippen LogP contribution in [0.25, 0.3) is 10.9 Å². The Kier molecular flexibility index (Phi) is 10.8. The topological polar surface area (TPSA) is 158 Å². The minimum atomic E-state index is -5.08. The molecule has 1 amide bonds. The number of likely N-dealkylation sites (tertiary alicyclic amines) is 1. The van der Waals surface area contributed by atoms with Crippen molar-refractivity contribution in [2.45, 2.75) is 31.3 Å². The Balaban J connectivity index is 0.000000333. The van der Waals surface area contributed by atoms with Gasteiger partial charge in [0.15, 0.2) is 0 Å². The summed E-state index contributed by atoms with van der Waals surface area (Å²) in [6.45, 7) is 2.07. The second kappa shape index (κ2) is 13.6. The maximum atomic E-state index is 12.4. The van der Waals surface area contributed by atoms with Gasteiger partial charge in [0.2, 0.25) is 5.88 Å². The van der Waals surface area contributed by atoms with E-state index in [0.717, 1.165) is 42.5 Å². The van der Waals surface area contributed by atoms with Crippen molar-refractivity contribution in [1.29, 1.82) is 0 Å². The lowest BCUT2D eigenvalue weighted by Crippen LogP contribution is -2.35. The zero-order chi connectivity index (χ0) is 30.1. The van der Waals surface area contributed by atoms with Crippen LogP contribution in [0.15, 0.2) is 42.7 Å². The van der Waals surface area contributed by atoms with Gasteiger partial charge in [0.05, 0.1) is 17.3 Å². The van der Waals surface area contributed by atoms with Gasteiger partial charge in [-0.25, -0.2) is 14.6 Å². The third kappa shape index (κ3) is 10.4. The molecule has 0 unspecified atom stereocenters. The molecule has 3 heterocycles. The fraction of sp³-hybridized carbons (Fsp3) is 0.348. The monoisotopic (exact) mass is 579 g/mol. The van der Waals surface area contributed by atoms with Crippen LogP contribution in [-0.4, -0.2) is 86.7 Å². The summed E-state index contributed by atoms with van der Waals surface area (Å²) in [6, 6.07) is 9.09. The smallest absolute Gasteiger partial charge is 0.475 e. The highest BCUT2D eigenvalue weighted by molar-refractivity contribution is 6.04. The molecule has 1 fully saturated rings. The van der Waals surface area contributed by atoms with Gasteiger partial charge in [0.1, 0.15) is 6.10 Å². The molecular weight excluding hydrogens is 556 g/mol. The molecule has 11 nitrogen and oxygen atoms in total. The van der Waals surface area contributed by atoms with Gasteiger partial charge in [-0.2, -0.15) is 31.4 Å². The third-order valence-corrected chi connectivity index (χ3v) is 5.13. The number of carbonyl (C=O) groups excluding carboxylic acids is 1. The first kappa shape index (κ1) is 31.8. The van der Waals surface area contributed by atoms with Crippen molar-refractivity contribution in [3.8, 4) is 5.88 Å². The summed E-state index contributed by atoms with van der Waals surface area (Å²) < 4.78 is 69.4. The lowest BCUT2D eigenvalue weighted by atomic mass is 10.1. The molecule has 1 aliphatic heterocycles. The number of carboxylic acid groups (broad SMARTS) is 2. The van der Waals surface area contributed by atoms with Gasteiger partial charge in [-0.05, 0) is 44.2 Å². The maximum absolute atomic E-state index is 12.4. The van der Waals surface area contributed by atoms with Gasteiger partial charge in [-0.1, -0.05) is 0 Å². The summed E-state index contributed by atoms with van der Waals surface area (Å²) in [5, 5.41) is 24.9. The fourth-order valence-corrected chi connectivity index (χ4v) is 3.08. The number of alkyl halides is 6. The van der Waals surface area contributed by atoms with Gasteiger partial charge >= 0.3 is 24.3 Å². The average Bonchev–Trinajstić information content (AvgIpc) is 3.33. The summed E-state index contributed by atoms with van der Waals surface area (Å²) in [4.78, 5) is 36.8. The Morgan fingerprint density at radius 3 is 2.05 bits per heavy atom. The van der Waals surface area contributed by atoms with Crippen LogP contribution in [0.2, 0.25) is 0 Å². The highest BCUT2D eigenvalue weighted by atomic mass is 19.4. The molecule has 0 bridgehead atoms. The number of H-pyrrole nitrogens is 1. The molecule has 4 rings (SSSR count). The number of aromatic amines is 1. The Morgan fingerprint density at radius 2 is 1.55 bits per heavy atom. The van der Waals surface area contributed by atoms with E-state index in [9.17, 15) is 31.1 Å². The second-order valence-corrected chi connectivity index (χ2v) is 8.24. The number of piperidine rings is 1. The SMILES string of the molecule is CN1CCC(Oc2ccc(C(=O)Nc3ccc4[nH]ncc4c3)cn2)CC1.O=C(O)C(F)(F)F.O=C(O)C(F)(F)F. The minimum absolute atomic E-state index is 0.195. The predicted octanol–water partition coefficient (Wildman–Crippen LogP) is 3.95. The summed E-state index contributed by atoms with van der Waals surface area (Å²) in [7, 11) is 2.12. The van der Waals surface area contributed by atoms with Gasteiger partial charge in [0, 0.05) is 36.4 Å². The van der Waals surface area contributed by atoms with Crippen LogP contribution in [0.3, 0.4) is 0 Å². The average molecular weight is 579 g/mol. The molecule has 1 aliphatic rings. The molecule has 0 atom stereocenters. The first-order valence-corrected chi connectivity index (χ1v) is 11.2. The van der Waals surface area contributed by atoms with E-state index in [2.05, 4.69) is 32.4 Å². The molecule has 0 spiro atoms. The maximum Gasteiger partial charge on any atom is 0.490 e. The number of anilines is 1. The number of ether oxygens (including phenoxy) is 1. The number of carbonyl (C=O) groups is 3. The summed E-state index contributed by atoms with van der Waals surface area (Å²) >= 11 is 0. The molecule has 3 aromatic rings. The van der Waals surface area contributed by atoms with E-state index in [1.807, 2.05) is 18.2 Å². The molecule has 0 radical (unpaired) electrons. The zero-order valence-electron chi connectivity index (χ0n) is 20.6. The molecule has 2 aromatic heterocycles. The van der Waals surface area contributed by atoms with E-state index in [-0.39, 0.29) is 12.0 Å². The van der Waals surface area contributed by atoms with E-state index >= 15 is 0 Å². The number of nitrogens with one attached hydrogen (secondary N) is 2. The van der Waals surface area contributed by atoms with Gasteiger partial charge < -0.3 is 25.2 Å². The second-order valence-electron chi connectivity index (χ2n) is 8.24. The Hall–Kier alpha value is -4.41. The van der Waals surface area contributed by atoms with E-state index in [1.165, 1.54) is 0 Å². The Bertz CT molecular complexity index is 1260. The highest BCUT2D eigenvalue weighted by Gasteiger charge is 2.38. The lowest BCUT2D eigenvalue weighted by Gasteiger charge is -2.28.